The van der Waals surface area contributed by atoms with Crippen LogP contribution in [0.3, 0.4) is 0 Å². The quantitative estimate of drug-likeness (QED) is 0.366. The van der Waals surface area contributed by atoms with Crippen LogP contribution in [0.4, 0.5) is 0 Å². The van der Waals surface area contributed by atoms with E-state index in [1.54, 1.807) is 5.57 Å². The first-order chi connectivity index (χ1) is 14.0. The highest BCUT2D eigenvalue weighted by molar-refractivity contribution is 5.30. The summed E-state index contributed by atoms with van der Waals surface area (Å²) in [6.07, 6.45) is 21.2. The lowest BCUT2D eigenvalue weighted by Gasteiger charge is -2.57. The summed E-state index contributed by atoms with van der Waals surface area (Å²) < 4.78 is 0. The first kappa shape index (κ1) is 23.9. The van der Waals surface area contributed by atoms with Crippen molar-refractivity contribution in [3.63, 3.8) is 0 Å². The fraction of sp³-hybridized carbons (Fsp3) is 0.800. The minimum Gasteiger partial charge on any atom is -0.0856 e. The highest BCUT2D eigenvalue weighted by atomic mass is 14.6. The van der Waals surface area contributed by atoms with Crippen LogP contribution in [-0.2, 0) is 0 Å². The van der Waals surface area contributed by atoms with Gasteiger partial charge < -0.3 is 0 Å². The summed E-state index contributed by atoms with van der Waals surface area (Å²) in [6.45, 7) is 19.7. The zero-order valence-electron chi connectivity index (χ0n) is 21.5. The molecule has 0 aromatic carbocycles. The molecule has 0 amide bonds. The summed E-state index contributed by atoms with van der Waals surface area (Å²) in [5, 5.41) is 0. The molecule has 0 aromatic heterocycles. The number of rotatable bonds is 7. The summed E-state index contributed by atoms with van der Waals surface area (Å²) in [5.74, 6) is 2.52. The minimum atomic E-state index is 0.435. The van der Waals surface area contributed by atoms with Crippen LogP contribution >= 0.6 is 0 Å². The van der Waals surface area contributed by atoms with E-state index in [4.69, 9.17) is 0 Å². The fourth-order valence-corrected chi connectivity index (χ4v) is 7.74. The molecule has 0 N–H and O–H groups in total. The maximum Gasteiger partial charge on any atom is -0.00875 e. The molecule has 0 aliphatic heterocycles. The molecule has 0 nitrogen and oxygen atoms in total. The highest BCUT2D eigenvalue weighted by Crippen LogP contribution is 2.67. The minimum absolute atomic E-state index is 0.435. The lowest BCUT2D eigenvalue weighted by atomic mass is 9.48. The predicted molar refractivity (Wildman–Crippen MR) is 134 cm³/mol. The van der Waals surface area contributed by atoms with Gasteiger partial charge in [0.15, 0.2) is 0 Å². The number of hydrogen-bond donors (Lipinski definition) is 0. The smallest absolute Gasteiger partial charge is 0.00875 e. The Labute approximate surface area is 188 Å². The Morgan fingerprint density at radius 2 is 1.77 bits per heavy atom. The maximum atomic E-state index is 2.74. The summed E-state index contributed by atoms with van der Waals surface area (Å²) in [6, 6.07) is 0. The molecule has 2 saturated carbocycles. The van der Waals surface area contributed by atoms with Crippen LogP contribution in [-0.4, -0.2) is 0 Å². The van der Waals surface area contributed by atoms with E-state index in [0.29, 0.717) is 16.2 Å². The second kappa shape index (κ2) is 8.99. The third-order valence-electron chi connectivity index (χ3n) is 9.90. The summed E-state index contributed by atoms with van der Waals surface area (Å²) in [5.41, 5.74) is 6.39. The lowest BCUT2D eigenvalue weighted by Crippen LogP contribution is -2.48. The van der Waals surface area contributed by atoms with Crippen LogP contribution in [0.1, 0.15) is 120 Å². The first-order valence-corrected chi connectivity index (χ1v) is 13.0. The van der Waals surface area contributed by atoms with Gasteiger partial charge in [-0.25, -0.2) is 0 Å². The Morgan fingerprint density at radius 3 is 2.47 bits per heavy atom. The van der Waals surface area contributed by atoms with Crippen LogP contribution in [0.25, 0.3) is 0 Å². The predicted octanol–water partition coefficient (Wildman–Crippen LogP) is 9.67. The Hall–Kier alpha value is -0.780. The van der Waals surface area contributed by atoms with E-state index in [0.717, 1.165) is 17.8 Å². The van der Waals surface area contributed by atoms with Gasteiger partial charge in [-0.2, -0.15) is 0 Å². The zero-order valence-corrected chi connectivity index (χ0v) is 21.5. The Kier molecular flexibility index (Phi) is 7.16. The standard InChI is InChI=1S/C30H50/c1-22(2)12-9-13-23(3)14-10-15-24(4)29(7)21-18-26-25(29)16-17-27-28(5,6)19-11-20-30(26,27)8/h12,14,16,24,26-27H,9-11,13,15,17-21H2,1-8H3/b23-14+/t24?,26-,27-,29+,30+/m0/s1. The maximum absolute atomic E-state index is 2.74. The van der Waals surface area contributed by atoms with Crippen LogP contribution in [0, 0.1) is 34.0 Å². The molecule has 170 valence electrons. The van der Waals surface area contributed by atoms with Gasteiger partial charge in [-0.1, -0.05) is 76.0 Å². The van der Waals surface area contributed by atoms with Crippen molar-refractivity contribution in [2.45, 2.75) is 120 Å². The van der Waals surface area contributed by atoms with E-state index >= 15 is 0 Å². The molecule has 3 rings (SSSR count). The SMILES string of the molecule is CC(C)=CCC/C(C)=C/CCC(C)[C@@]1(C)CC[C@H]2C1=CC[C@H]1C(C)(C)CCC[C@]21C. The highest BCUT2D eigenvalue weighted by Gasteiger charge is 2.57. The van der Waals surface area contributed by atoms with Crippen molar-refractivity contribution in [2.75, 3.05) is 0 Å². The molecule has 0 saturated heterocycles. The molecule has 0 aromatic rings. The van der Waals surface area contributed by atoms with Crippen molar-refractivity contribution in [2.24, 2.45) is 34.0 Å². The molecule has 3 aliphatic carbocycles. The molecule has 0 bridgehead atoms. The topological polar surface area (TPSA) is 0 Å². The van der Waals surface area contributed by atoms with E-state index in [1.165, 1.54) is 69.8 Å². The monoisotopic (exact) mass is 410 g/mol. The number of hydrogen-bond acceptors (Lipinski definition) is 0. The largest absolute Gasteiger partial charge is 0.0856 e. The molecule has 5 atom stereocenters. The normalized spacial score (nSPS) is 36.5. The molecule has 0 heterocycles. The lowest BCUT2D eigenvalue weighted by molar-refractivity contribution is -0.0364. The summed E-state index contributed by atoms with van der Waals surface area (Å²) in [4.78, 5) is 0. The van der Waals surface area contributed by atoms with Crippen molar-refractivity contribution in [3.8, 4) is 0 Å². The molecule has 30 heavy (non-hydrogen) atoms. The van der Waals surface area contributed by atoms with Gasteiger partial charge in [0.25, 0.3) is 0 Å². The van der Waals surface area contributed by atoms with E-state index in [-0.39, 0.29) is 0 Å². The molecule has 1 unspecified atom stereocenters. The van der Waals surface area contributed by atoms with Crippen molar-refractivity contribution >= 4 is 0 Å². The van der Waals surface area contributed by atoms with Gasteiger partial charge in [-0.3, -0.25) is 0 Å². The van der Waals surface area contributed by atoms with E-state index in [1.807, 2.05) is 5.57 Å². The molecular formula is C30H50. The van der Waals surface area contributed by atoms with Crippen LogP contribution in [0.2, 0.25) is 0 Å². The molecule has 0 heteroatoms. The van der Waals surface area contributed by atoms with Gasteiger partial charge in [0.1, 0.15) is 0 Å². The van der Waals surface area contributed by atoms with Crippen LogP contribution in [0.5, 0.6) is 0 Å². The van der Waals surface area contributed by atoms with Crippen molar-refractivity contribution in [1.29, 1.82) is 0 Å². The molecule has 2 fully saturated rings. The number of allylic oxidation sites excluding steroid dienone is 6. The molecule has 0 radical (unpaired) electrons. The van der Waals surface area contributed by atoms with Gasteiger partial charge in [0.05, 0.1) is 0 Å². The summed E-state index contributed by atoms with van der Waals surface area (Å²) in [7, 11) is 0. The Bertz CT molecular complexity index is 698. The molecule has 0 spiro atoms. The van der Waals surface area contributed by atoms with Gasteiger partial charge >= 0.3 is 0 Å². The summed E-state index contributed by atoms with van der Waals surface area (Å²) >= 11 is 0. The first-order valence-electron chi connectivity index (χ1n) is 13.0. The third kappa shape index (κ3) is 4.54. The van der Waals surface area contributed by atoms with Gasteiger partial charge in [-0.15, -0.1) is 0 Å². The van der Waals surface area contributed by atoms with Crippen LogP contribution in [0.15, 0.2) is 34.9 Å². The van der Waals surface area contributed by atoms with Crippen molar-refractivity contribution in [3.05, 3.63) is 34.9 Å². The number of fused-ring (bicyclic) bond motifs is 3. The van der Waals surface area contributed by atoms with E-state index in [2.05, 4.69) is 73.6 Å². The molecular weight excluding hydrogens is 360 g/mol. The molecule has 3 aliphatic rings. The second-order valence-electron chi connectivity index (χ2n) is 12.7. The third-order valence-corrected chi connectivity index (χ3v) is 9.90. The average molecular weight is 411 g/mol. The van der Waals surface area contributed by atoms with Gasteiger partial charge in [0, 0.05) is 0 Å². The average Bonchev–Trinajstić information content (AvgIpc) is 3.00. The second-order valence-corrected chi connectivity index (χ2v) is 12.7. The zero-order chi connectivity index (χ0) is 22.2. The fourth-order valence-electron chi connectivity index (χ4n) is 7.74. The van der Waals surface area contributed by atoms with Gasteiger partial charge in [0.2, 0.25) is 0 Å². The van der Waals surface area contributed by atoms with Gasteiger partial charge in [-0.05, 0) is 113 Å². The van der Waals surface area contributed by atoms with E-state index < -0.39 is 0 Å². The van der Waals surface area contributed by atoms with Crippen molar-refractivity contribution in [1.82, 2.24) is 0 Å². The Balaban J connectivity index is 1.66. The Morgan fingerprint density at radius 1 is 1.03 bits per heavy atom. The van der Waals surface area contributed by atoms with Crippen LogP contribution < -0.4 is 0 Å². The van der Waals surface area contributed by atoms with E-state index in [9.17, 15) is 0 Å². The van der Waals surface area contributed by atoms with Crippen molar-refractivity contribution < 1.29 is 0 Å².